The number of benzene rings is 2. The van der Waals surface area contributed by atoms with Gasteiger partial charge in [0.15, 0.2) is 0 Å². The van der Waals surface area contributed by atoms with Crippen LogP contribution in [0.2, 0.25) is 0 Å². The van der Waals surface area contributed by atoms with E-state index in [1.807, 2.05) is 19.1 Å². The summed E-state index contributed by atoms with van der Waals surface area (Å²) in [6.07, 6.45) is 1.54. The molecular formula is C29H36N2O5. The van der Waals surface area contributed by atoms with Crippen molar-refractivity contribution in [1.82, 2.24) is 10.2 Å². The first-order valence-electron chi connectivity index (χ1n) is 12.5. The second kappa shape index (κ2) is 11.6. The predicted octanol–water partition coefficient (Wildman–Crippen LogP) is 5.34. The molecule has 2 heterocycles. The number of methoxy groups -OCH3 is 2. The van der Waals surface area contributed by atoms with Crippen molar-refractivity contribution in [2.45, 2.75) is 33.2 Å². The summed E-state index contributed by atoms with van der Waals surface area (Å²) in [5.74, 6) is 2.04. The highest BCUT2D eigenvalue weighted by Gasteiger charge is 2.26. The van der Waals surface area contributed by atoms with E-state index in [1.54, 1.807) is 14.2 Å². The molecule has 1 amide bonds. The molecule has 0 radical (unpaired) electrons. The average molecular weight is 493 g/mol. The van der Waals surface area contributed by atoms with Crippen LogP contribution in [0.1, 0.15) is 48.2 Å². The lowest BCUT2D eigenvalue weighted by atomic mass is 9.93. The standard InChI is InChI=1S/C29H36N2O5/c1-6-30-29(32)24-18-36-28(23-15-22(19(2)3)25(33-4)16-26(23)34-5)27(24)21-9-7-20(8-10-21)17-31-11-13-35-14-12-31/h7-10,15-16,18-19H,6,11-14,17H2,1-5H3,(H,30,32). The monoisotopic (exact) mass is 492 g/mol. The highest BCUT2D eigenvalue weighted by molar-refractivity contribution is 6.04. The van der Waals surface area contributed by atoms with E-state index in [0.29, 0.717) is 23.6 Å². The Morgan fingerprint density at radius 1 is 1.06 bits per heavy atom. The minimum absolute atomic E-state index is 0.170. The summed E-state index contributed by atoms with van der Waals surface area (Å²) >= 11 is 0. The maximum atomic E-state index is 13.0. The first kappa shape index (κ1) is 25.8. The SMILES string of the molecule is CCNC(=O)c1coc(-c2cc(C(C)C)c(OC)cc2OC)c1-c1ccc(CN2CCOCC2)cc1. The molecule has 0 atom stereocenters. The van der Waals surface area contributed by atoms with E-state index >= 15 is 0 Å². The Morgan fingerprint density at radius 3 is 2.36 bits per heavy atom. The molecule has 1 fully saturated rings. The fraction of sp³-hybridized carbons (Fsp3) is 0.414. The smallest absolute Gasteiger partial charge is 0.255 e. The Hall–Kier alpha value is -3.29. The lowest BCUT2D eigenvalue weighted by molar-refractivity contribution is 0.0342. The van der Waals surface area contributed by atoms with Crippen molar-refractivity contribution in [3.8, 4) is 33.9 Å². The largest absolute Gasteiger partial charge is 0.496 e. The van der Waals surface area contributed by atoms with Gasteiger partial charge >= 0.3 is 0 Å². The Bertz CT molecular complexity index is 1180. The summed E-state index contributed by atoms with van der Waals surface area (Å²) in [5.41, 5.74) is 5.19. The molecule has 1 aromatic heterocycles. The Morgan fingerprint density at radius 2 is 1.75 bits per heavy atom. The van der Waals surface area contributed by atoms with E-state index in [0.717, 1.165) is 60.9 Å². The van der Waals surface area contributed by atoms with Crippen LogP contribution in [0.3, 0.4) is 0 Å². The predicted molar refractivity (Wildman–Crippen MR) is 141 cm³/mol. The summed E-state index contributed by atoms with van der Waals surface area (Å²) in [7, 11) is 3.28. The van der Waals surface area contributed by atoms with Crippen LogP contribution in [0, 0.1) is 0 Å². The van der Waals surface area contributed by atoms with Crippen molar-refractivity contribution in [3.05, 3.63) is 59.4 Å². The van der Waals surface area contributed by atoms with Crippen LogP contribution in [0.4, 0.5) is 0 Å². The normalized spacial score (nSPS) is 14.2. The van der Waals surface area contributed by atoms with E-state index in [-0.39, 0.29) is 11.8 Å². The first-order valence-corrected chi connectivity index (χ1v) is 12.5. The lowest BCUT2D eigenvalue weighted by Crippen LogP contribution is -2.35. The molecule has 0 spiro atoms. The highest BCUT2D eigenvalue weighted by atomic mass is 16.5. The summed E-state index contributed by atoms with van der Waals surface area (Å²) in [6, 6.07) is 12.3. The molecule has 2 aromatic carbocycles. The van der Waals surface area contributed by atoms with Crippen LogP contribution in [0.25, 0.3) is 22.5 Å². The van der Waals surface area contributed by atoms with Gasteiger partial charge in [-0.25, -0.2) is 0 Å². The Balaban J connectivity index is 1.80. The number of morpholine rings is 1. The molecule has 36 heavy (non-hydrogen) atoms. The third-order valence-corrected chi connectivity index (χ3v) is 6.54. The number of ether oxygens (including phenoxy) is 3. The molecule has 3 aromatic rings. The average Bonchev–Trinajstić information content (AvgIpc) is 3.34. The zero-order chi connectivity index (χ0) is 25.7. The fourth-order valence-electron chi connectivity index (χ4n) is 4.61. The molecule has 1 aliphatic heterocycles. The number of amides is 1. The second-order valence-corrected chi connectivity index (χ2v) is 9.25. The molecule has 7 heteroatoms. The number of carbonyl (C=O) groups excluding carboxylic acids is 1. The van der Waals surface area contributed by atoms with Gasteiger partial charge in [-0.05, 0) is 35.6 Å². The molecule has 1 aliphatic rings. The fourth-order valence-corrected chi connectivity index (χ4v) is 4.61. The topological polar surface area (TPSA) is 73.2 Å². The van der Waals surface area contributed by atoms with Gasteiger partial charge in [0.1, 0.15) is 23.5 Å². The van der Waals surface area contributed by atoms with Gasteiger partial charge in [-0.2, -0.15) is 0 Å². The van der Waals surface area contributed by atoms with Crippen molar-refractivity contribution in [2.24, 2.45) is 0 Å². The van der Waals surface area contributed by atoms with Gasteiger partial charge in [0.05, 0.1) is 38.6 Å². The van der Waals surface area contributed by atoms with Gasteiger partial charge in [0.2, 0.25) is 0 Å². The lowest BCUT2D eigenvalue weighted by Gasteiger charge is -2.26. The van der Waals surface area contributed by atoms with E-state index < -0.39 is 0 Å². The maximum absolute atomic E-state index is 13.0. The number of hydrogen-bond acceptors (Lipinski definition) is 6. The van der Waals surface area contributed by atoms with Crippen LogP contribution in [0.5, 0.6) is 11.5 Å². The van der Waals surface area contributed by atoms with Gasteiger partial charge in [0.25, 0.3) is 5.91 Å². The first-order chi connectivity index (χ1) is 17.5. The third kappa shape index (κ3) is 5.42. The van der Waals surface area contributed by atoms with Gasteiger partial charge in [-0.15, -0.1) is 0 Å². The van der Waals surface area contributed by atoms with Crippen molar-refractivity contribution in [2.75, 3.05) is 47.1 Å². The van der Waals surface area contributed by atoms with Crippen LogP contribution < -0.4 is 14.8 Å². The van der Waals surface area contributed by atoms with Crippen LogP contribution in [-0.4, -0.2) is 57.9 Å². The van der Waals surface area contributed by atoms with Gasteiger partial charge < -0.3 is 23.9 Å². The van der Waals surface area contributed by atoms with Gasteiger partial charge in [-0.1, -0.05) is 38.1 Å². The number of rotatable bonds is 9. The molecule has 0 unspecified atom stereocenters. The van der Waals surface area contributed by atoms with Gasteiger partial charge in [-0.3, -0.25) is 9.69 Å². The minimum atomic E-state index is -0.170. The molecule has 192 valence electrons. The van der Waals surface area contributed by atoms with Crippen molar-refractivity contribution < 1.29 is 23.4 Å². The Labute approximate surface area is 213 Å². The second-order valence-electron chi connectivity index (χ2n) is 9.25. The van der Waals surface area contributed by atoms with E-state index in [1.165, 1.54) is 11.8 Å². The molecule has 4 rings (SSSR count). The number of furan rings is 1. The van der Waals surface area contributed by atoms with Crippen molar-refractivity contribution in [1.29, 1.82) is 0 Å². The zero-order valence-electron chi connectivity index (χ0n) is 21.8. The van der Waals surface area contributed by atoms with E-state index in [2.05, 4.69) is 48.3 Å². The summed E-state index contributed by atoms with van der Waals surface area (Å²) in [6.45, 7) is 10.9. The molecule has 0 saturated carbocycles. The van der Waals surface area contributed by atoms with Crippen molar-refractivity contribution >= 4 is 5.91 Å². The maximum Gasteiger partial charge on any atom is 0.255 e. The third-order valence-electron chi connectivity index (χ3n) is 6.54. The summed E-state index contributed by atoms with van der Waals surface area (Å²) in [4.78, 5) is 15.4. The zero-order valence-corrected chi connectivity index (χ0v) is 21.8. The number of hydrogen-bond donors (Lipinski definition) is 1. The number of carbonyl (C=O) groups is 1. The minimum Gasteiger partial charge on any atom is -0.496 e. The number of nitrogens with zero attached hydrogens (tertiary/aromatic N) is 1. The molecule has 1 saturated heterocycles. The number of nitrogens with one attached hydrogen (secondary N) is 1. The van der Waals surface area contributed by atoms with E-state index in [4.69, 9.17) is 18.6 Å². The van der Waals surface area contributed by atoms with Crippen LogP contribution >= 0.6 is 0 Å². The quantitative estimate of drug-likeness (QED) is 0.435. The molecule has 0 aliphatic carbocycles. The molecule has 0 bridgehead atoms. The highest BCUT2D eigenvalue weighted by Crippen LogP contribution is 2.44. The van der Waals surface area contributed by atoms with Crippen molar-refractivity contribution in [3.63, 3.8) is 0 Å². The summed E-state index contributed by atoms with van der Waals surface area (Å²) in [5, 5.41) is 2.91. The Kier molecular flexibility index (Phi) is 8.33. The molecular weight excluding hydrogens is 456 g/mol. The van der Waals surface area contributed by atoms with Gasteiger partial charge in [0, 0.05) is 37.8 Å². The van der Waals surface area contributed by atoms with Crippen LogP contribution in [-0.2, 0) is 11.3 Å². The molecule has 1 N–H and O–H groups in total. The van der Waals surface area contributed by atoms with E-state index in [9.17, 15) is 4.79 Å². The molecule has 7 nitrogen and oxygen atoms in total. The van der Waals surface area contributed by atoms with Crippen LogP contribution in [0.15, 0.2) is 47.1 Å². The summed E-state index contributed by atoms with van der Waals surface area (Å²) < 4.78 is 22.9.